The molecule has 0 spiro atoms. The fourth-order valence-corrected chi connectivity index (χ4v) is 4.30. The van der Waals surface area contributed by atoms with Crippen LogP contribution in [0.3, 0.4) is 0 Å². The number of aromatic nitrogens is 4. The molecule has 3 heterocycles. The van der Waals surface area contributed by atoms with Crippen molar-refractivity contribution in [2.24, 2.45) is 0 Å². The van der Waals surface area contributed by atoms with E-state index in [0.717, 1.165) is 27.6 Å². The second-order valence-electron chi connectivity index (χ2n) is 9.25. The number of H-pyrrole nitrogens is 1. The highest BCUT2D eigenvalue weighted by Gasteiger charge is 2.20. The third kappa shape index (κ3) is 4.46. The number of methoxy groups -OCH3 is 1. The summed E-state index contributed by atoms with van der Waals surface area (Å²) in [5.74, 6) is -0.272. The van der Waals surface area contributed by atoms with E-state index in [1.807, 2.05) is 62.4 Å². The number of pyridine rings is 2. The summed E-state index contributed by atoms with van der Waals surface area (Å²) in [5.41, 5.74) is 4.84. The van der Waals surface area contributed by atoms with Crippen LogP contribution in [0.1, 0.15) is 19.4 Å². The molecule has 0 radical (unpaired) electrons. The highest BCUT2D eigenvalue weighted by molar-refractivity contribution is 6.04. The summed E-state index contributed by atoms with van der Waals surface area (Å²) >= 11 is 0. The Balaban J connectivity index is 1.63. The highest BCUT2D eigenvalue weighted by Crippen LogP contribution is 2.30. The van der Waals surface area contributed by atoms with Gasteiger partial charge in [0.2, 0.25) is 5.91 Å². The Morgan fingerprint density at radius 3 is 2.62 bits per heavy atom. The molecular formula is C28H24N6O3. The second-order valence-corrected chi connectivity index (χ2v) is 9.25. The SMILES string of the molecule is COCC(=O)Nc1cncc(-c2ccc3ncc4[nH]c(=O)n(-c5ccc(C(C)(C)C#N)cc5)c4c3c2)c1. The predicted molar refractivity (Wildman–Crippen MR) is 142 cm³/mol. The van der Waals surface area contributed by atoms with Crippen molar-refractivity contribution in [2.75, 3.05) is 19.0 Å². The van der Waals surface area contributed by atoms with E-state index in [0.29, 0.717) is 22.4 Å². The van der Waals surface area contributed by atoms with Crippen molar-refractivity contribution in [1.82, 2.24) is 19.5 Å². The zero-order valence-electron chi connectivity index (χ0n) is 20.6. The summed E-state index contributed by atoms with van der Waals surface area (Å²) in [4.78, 5) is 36.7. The van der Waals surface area contributed by atoms with Crippen LogP contribution >= 0.6 is 0 Å². The van der Waals surface area contributed by atoms with Crippen molar-refractivity contribution in [3.05, 3.63) is 83.2 Å². The van der Waals surface area contributed by atoms with Gasteiger partial charge in [0, 0.05) is 24.3 Å². The molecular weight excluding hydrogens is 468 g/mol. The van der Waals surface area contributed by atoms with Crippen LogP contribution in [0, 0.1) is 11.3 Å². The molecule has 0 atom stereocenters. The van der Waals surface area contributed by atoms with Crippen LogP contribution in [0.4, 0.5) is 5.69 Å². The van der Waals surface area contributed by atoms with Gasteiger partial charge >= 0.3 is 5.69 Å². The fourth-order valence-electron chi connectivity index (χ4n) is 4.30. The molecule has 2 N–H and O–H groups in total. The van der Waals surface area contributed by atoms with Gasteiger partial charge < -0.3 is 15.0 Å². The van der Waals surface area contributed by atoms with Crippen LogP contribution in [0.15, 0.2) is 71.9 Å². The fraction of sp³-hybridized carbons (Fsp3) is 0.179. The topological polar surface area (TPSA) is 126 Å². The molecule has 5 aromatic rings. The van der Waals surface area contributed by atoms with Crippen LogP contribution < -0.4 is 11.0 Å². The van der Waals surface area contributed by atoms with Gasteiger partial charge in [0.25, 0.3) is 0 Å². The lowest BCUT2D eigenvalue weighted by atomic mass is 9.86. The van der Waals surface area contributed by atoms with Gasteiger partial charge in [0.15, 0.2) is 0 Å². The van der Waals surface area contributed by atoms with E-state index in [2.05, 4.69) is 26.3 Å². The van der Waals surface area contributed by atoms with E-state index in [1.165, 1.54) is 7.11 Å². The normalized spacial score (nSPS) is 11.5. The van der Waals surface area contributed by atoms with Gasteiger partial charge in [-0.25, -0.2) is 4.79 Å². The van der Waals surface area contributed by atoms with E-state index >= 15 is 0 Å². The molecule has 37 heavy (non-hydrogen) atoms. The van der Waals surface area contributed by atoms with Crippen LogP contribution in [0.25, 0.3) is 38.8 Å². The number of aromatic amines is 1. The molecule has 0 aliphatic heterocycles. The lowest BCUT2D eigenvalue weighted by Crippen LogP contribution is -2.17. The molecule has 3 aromatic heterocycles. The van der Waals surface area contributed by atoms with E-state index in [9.17, 15) is 14.9 Å². The number of carbonyl (C=O) groups excluding carboxylic acids is 1. The number of nitrogens with one attached hydrogen (secondary N) is 2. The van der Waals surface area contributed by atoms with E-state index in [4.69, 9.17) is 4.74 Å². The Hall–Kier alpha value is -4.81. The predicted octanol–water partition coefficient (Wildman–Crippen LogP) is 4.32. The first-order chi connectivity index (χ1) is 17.8. The third-order valence-corrected chi connectivity index (χ3v) is 6.27. The Morgan fingerprint density at radius 2 is 1.89 bits per heavy atom. The molecule has 0 unspecified atom stereocenters. The Bertz CT molecular complexity index is 1740. The molecule has 0 saturated heterocycles. The minimum atomic E-state index is -0.638. The van der Waals surface area contributed by atoms with Crippen molar-refractivity contribution in [2.45, 2.75) is 19.3 Å². The number of amides is 1. The van der Waals surface area contributed by atoms with Crippen molar-refractivity contribution in [3.63, 3.8) is 0 Å². The number of fused-ring (bicyclic) bond motifs is 3. The number of hydrogen-bond donors (Lipinski definition) is 2. The van der Waals surface area contributed by atoms with E-state index in [-0.39, 0.29) is 18.2 Å². The molecule has 5 rings (SSSR count). The lowest BCUT2D eigenvalue weighted by molar-refractivity contribution is -0.119. The number of benzene rings is 2. The monoisotopic (exact) mass is 492 g/mol. The number of rotatable bonds is 6. The number of hydrogen-bond acceptors (Lipinski definition) is 6. The van der Waals surface area contributed by atoms with Crippen molar-refractivity contribution < 1.29 is 9.53 Å². The quantitative estimate of drug-likeness (QED) is 0.364. The number of nitriles is 1. The third-order valence-electron chi connectivity index (χ3n) is 6.27. The van der Waals surface area contributed by atoms with Crippen molar-refractivity contribution in [1.29, 1.82) is 5.26 Å². The molecule has 0 fully saturated rings. The first-order valence-electron chi connectivity index (χ1n) is 11.6. The smallest absolute Gasteiger partial charge is 0.331 e. The van der Waals surface area contributed by atoms with Crippen LogP contribution in [0.5, 0.6) is 0 Å². The largest absolute Gasteiger partial charge is 0.375 e. The Morgan fingerprint density at radius 1 is 1.11 bits per heavy atom. The molecule has 1 amide bonds. The van der Waals surface area contributed by atoms with Crippen LogP contribution in [0.2, 0.25) is 0 Å². The van der Waals surface area contributed by atoms with Gasteiger partial charge in [-0.05, 0) is 55.3 Å². The lowest BCUT2D eigenvalue weighted by Gasteiger charge is -2.16. The molecule has 0 aliphatic carbocycles. The molecule has 184 valence electrons. The number of carbonyl (C=O) groups is 1. The maximum absolute atomic E-state index is 13.0. The molecule has 9 nitrogen and oxygen atoms in total. The van der Waals surface area contributed by atoms with Gasteiger partial charge in [0.1, 0.15) is 6.61 Å². The summed E-state index contributed by atoms with van der Waals surface area (Å²) in [6.45, 7) is 3.66. The highest BCUT2D eigenvalue weighted by atomic mass is 16.5. The molecule has 0 saturated carbocycles. The first kappa shape index (κ1) is 23.9. The standard InChI is InChI=1S/C28H24N6O3/c1-28(2,16-29)19-5-7-21(8-6-19)34-26-22-11-17(4-9-23(22)31-14-24(26)33-27(34)36)18-10-20(13-30-12-18)32-25(35)15-37-3/h4-14H,15H2,1-3H3,(H,32,35)(H,33,36). The van der Waals surface area contributed by atoms with E-state index < -0.39 is 5.41 Å². The van der Waals surface area contributed by atoms with Crippen LogP contribution in [-0.2, 0) is 14.9 Å². The number of ether oxygens (including phenoxy) is 1. The zero-order valence-corrected chi connectivity index (χ0v) is 20.6. The second kappa shape index (κ2) is 9.33. The molecule has 0 bridgehead atoms. The Labute approximate surface area is 212 Å². The minimum absolute atomic E-state index is 0.0517. The van der Waals surface area contributed by atoms with Crippen molar-refractivity contribution >= 4 is 33.5 Å². The van der Waals surface area contributed by atoms with Gasteiger partial charge in [-0.15, -0.1) is 0 Å². The summed E-state index contributed by atoms with van der Waals surface area (Å²) in [7, 11) is 1.46. The summed E-state index contributed by atoms with van der Waals surface area (Å²) in [6.07, 6.45) is 4.93. The minimum Gasteiger partial charge on any atom is -0.375 e. The summed E-state index contributed by atoms with van der Waals surface area (Å²) in [5, 5.41) is 13.0. The summed E-state index contributed by atoms with van der Waals surface area (Å²) in [6, 6.07) is 17.3. The first-order valence-corrected chi connectivity index (χ1v) is 11.6. The number of imidazole rings is 1. The average molecular weight is 493 g/mol. The zero-order chi connectivity index (χ0) is 26.2. The number of nitrogens with zero attached hydrogens (tertiary/aromatic N) is 4. The summed E-state index contributed by atoms with van der Waals surface area (Å²) < 4.78 is 6.49. The van der Waals surface area contributed by atoms with E-state index in [1.54, 1.807) is 23.2 Å². The molecule has 2 aromatic carbocycles. The van der Waals surface area contributed by atoms with Gasteiger partial charge in [-0.2, -0.15) is 5.26 Å². The van der Waals surface area contributed by atoms with Crippen LogP contribution in [-0.4, -0.2) is 39.1 Å². The Kier molecular flexibility index (Phi) is 6.03. The molecule has 0 aliphatic rings. The average Bonchev–Trinajstić information content (AvgIpc) is 3.25. The molecule has 9 heteroatoms. The van der Waals surface area contributed by atoms with Gasteiger partial charge in [-0.3, -0.25) is 19.3 Å². The van der Waals surface area contributed by atoms with Crippen molar-refractivity contribution in [3.8, 4) is 22.9 Å². The van der Waals surface area contributed by atoms with Gasteiger partial charge in [0.05, 0.1) is 51.8 Å². The van der Waals surface area contributed by atoms with Gasteiger partial charge in [-0.1, -0.05) is 18.2 Å². The number of anilines is 1. The maximum Gasteiger partial charge on any atom is 0.331 e. The maximum atomic E-state index is 13.0.